The van der Waals surface area contributed by atoms with E-state index in [2.05, 4.69) is 10.6 Å². The molecule has 1 amide bonds. The highest BCUT2D eigenvalue weighted by molar-refractivity contribution is 5.87. The van der Waals surface area contributed by atoms with Crippen molar-refractivity contribution in [3.05, 3.63) is 35.9 Å². The second-order valence-electron chi connectivity index (χ2n) is 5.80. The van der Waals surface area contributed by atoms with Gasteiger partial charge in [-0.2, -0.15) is 0 Å². The Hall–Kier alpha value is -1.68. The van der Waals surface area contributed by atoms with Crippen LogP contribution in [-0.4, -0.2) is 31.3 Å². The molecule has 2 N–H and O–H groups in total. The minimum atomic E-state index is -0.489. The molecule has 0 aromatic heterocycles. The lowest BCUT2D eigenvalue weighted by molar-refractivity contribution is -0.134. The summed E-state index contributed by atoms with van der Waals surface area (Å²) in [6, 6.07) is 9.84. The third kappa shape index (κ3) is 3.50. The fraction of sp³-hybridized carbons (Fsp3) is 0.529. The van der Waals surface area contributed by atoms with Crippen molar-refractivity contribution in [2.24, 2.45) is 5.41 Å². The number of hydrogen-bond acceptors (Lipinski definition) is 3. The standard InChI is InChI=1S/C17H24N2O2/c1-3-15(20)14-12-17(9-10-19-14,16(21)18-2)11-13-7-5-4-6-8-13/h4-8,14,19H,3,9-12H2,1-2H3,(H,18,21)/t14-,17?/m1/s1. The molecule has 0 aliphatic carbocycles. The number of Topliss-reactive ketones (excluding diaryl/α,β-unsaturated/α-hetero) is 1. The Labute approximate surface area is 126 Å². The number of rotatable bonds is 5. The second-order valence-corrected chi connectivity index (χ2v) is 5.80. The molecular formula is C17H24N2O2. The van der Waals surface area contributed by atoms with Gasteiger partial charge in [0.1, 0.15) is 5.78 Å². The maximum Gasteiger partial charge on any atom is 0.226 e. The van der Waals surface area contributed by atoms with Gasteiger partial charge >= 0.3 is 0 Å². The maximum absolute atomic E-state index is 12.5. The van der Waals surface area contributed by atoms with Crippen molar-refractivity contribution in [3.63, 3.8) is 0 Å². The average Bonchev–Trinajstić information content (AvgIpc) is 2.54. The van der Waals surface area contributed by atoms with Crippen LogP contribution in [0, 0.1) is 5.41 Å². The number of hydrogen-bond donors (Lipinski definition) is 2. The van der Waals surface area contributed by atoms with Crippen molar-refractivity contribution < 1.29 is 9.59 Å². The molecule has 1 aromatic rings. The average molecular weight is 288 g/mol. The molecule has 1 unspecified atom stereocenters. The van der Waals surface area contributed by atoms with Crippen LogP contribution < -0.4 is 10.6 Å². The first kappa shape index (κ1) is 15.7. The lowest BCUT2D eigenvalue weighted by Crippen LogP contribution is -2.54. The topological polar surface area (TPSA) is 58.2 Å². The molecule has 1 fully saturated rings. The van der Waals surface area contributed by atoms with Gasteiger partial charge in [-0.15, -0.1) is 0 Å². The smallest absolute Gasteiger partial charge is 0.226 e. The maximum atomic E-state index is 12.5. The molecule has 0 saturated carbocycles. The van der Waals surface area contributed by atoms with E-state index in [0.717, 1.165) is 12.0 Å². The van der Waals surface area contributed by atoms with Crippen LogP contribution in [0.1, 0.15) is 31.7 Å². The summed E-state index contributed by atoms with van der Waals surface area (Å²) in [5, 5.41) is 6.06. The molecule has 4 heteroatoms. The summed E-state index contributed by atoms with van der Waals surface area (Å²) in [6.07, 6.45) is 2.53. The van der Waals surface area contributed by atoms with Crippen molar-refractivity contribution in [1.82, 2.24) is 10.6 Å². The van der Waals surface area contributed by atoms with Gasteiger partial charge in [0.05, 0.1) is 11.5 Å². The number of benzene rings is 1. The molecule has 21 heavy (non-hydrogen) atoms. The van der Waals surface area contributed by atoms with E-state index < -0.39 is 5.41 Å². The largest absolute Gasteiger partial charge is 0.359 e. The number of carbonyl (C=O) groups is 2. The van der Waals surface area contributed by atoms with Gasteiger partial charge < -0.3 is 10.6 Å². The zero-order valence-electron chi connectivity index (χ0n) is 12.8. The summed E-state index contributed by atoms with van der Waals surface area (Å²) < 4.78 is 0. The van der Waals surface area contributed by atoms with Crippen LogP contribution in [0.25, 0.3) is 0 Å². The Bertz CT molecular complexity index is 501. The minimum absolute atomic E-state index is 0.0433. The number of carbonyl (C=O) groups excluding carboxylic acids is 2. The summed E-state index contributed by atoms with van der Waals surface area (Å²) in [5.41, 5.74) is 0.655. The first-order valence-corrected chi connectivity index (χ1v) is 7.63. The zero-order chi connectivity index (χ0) is 15.3. The third-order valence-corrected chi connectivity index (χ3v) is 4.42. The van der Waals surface area contributed by atoms with E-state index in [1.165, 1.54) is 0 Å². The lowest BCUT2D eigenvalue weighted by Gasteiger charge is -2.39. The molecule has 1 heterocycles. The predicted octanol–water partition coefficient (Wildman–Crippen LogP) is 1.69. The first-order valence-electron chi connectivity index (χ1n) is 7.63. The molecule has 2 rings (SSSR count). The van der Waals surface area contributed by atoms with Gasteiger partial charge in [0.25, 0.3) is 0 Å². The van der Waals surface area contributed by atoms with Gasteiger partial charge in [-0.3, -0.25) is 9.59 Å². The summed E-state index contributed by atoms with van der Waals surface area (Å²) in [7, 11) is 1.67. The van der Waals surface area contributed by atoms with Crippen molar-refractivity contribution in [1.29, 1.82) is 0 Å². The van der Waals surface area contributed by atoms with Crippen LogP contribution in [0.5, 0.6) is 0 Å². The van der Waals surface area contributed by atoms with Crippen molar-refractivity contribution in [2.75, 3.05) is 13.6 Å². The molecule has 1 aromatic carbocycles. The van der Waals surface area contributed by atoms with Crippen molar-refractivity contribution >= 4 is 11.7 Å². The molecule has 2 atom stereocenters. The second kappa shape index (κ2) is 6.85. The minimum Gasteiger partial charge on any atom is -0.359 e. The SMILES string of the molecule is CCC(=O)[C@H]1CC(Cc2ccccc2)(C(=O)NC)CCN1. The van der Waals surface area contributed by atoms with Gasteiger partial charge in [0, 0.05) is 13.5 Å². The molecule has 1 aliphatic heterocycles. The number of amides is 1. The zero-order valence-corrected chi connectivity index (χ0v) is 12.8. The number of piperidine rings is 1. The highest BCUT2D eigenvalue weighted by atomic mass is 16.2. The van der Waals surface area contributed by atoms with Gasteiger partial charge in [-0.05, 0) is 31.4 Å². The Morgan fingerprint density at radius 2 is 2.05 bits per heavy atom. The molecule has 1 aliphatic rings. The predicted molar refractivity (Wildman–Crippen MR) is 83.0 cm³/mol. The highest BCUT2D eigenvalue weighted by Gasteiger charge is 2.43. The van der Waals surface area contributed by atoms with Crippen LogP contribution in [0.15, 0.2) is 30.3 Å². The van der Waals surface area contributed by atoms with Crippen LogP contribution >= 0.6 is 0 Å². The van der Waals surface area contributed by atoms with Crippen molar-refractivity contribution in [3.8, 4) is 0 Å². The van der Waals surface area contributed by atoms with Crippen LogP contribution in [0.2, 0.25) is 0 Å². The van der Waals surface area contributed by atoms with Gasteiger partial charge in [-0.25, -0.2) is 0 Å². The molecule has 1 saturated heterocycles. The Balaban J connectivity index is 2.25. The van der Waals surface area contributed by atoms with E-state index in [9.17, 15) is 9.59 Å². The number of ketones is 1. The van der Waals surface area contributed by atoms with Gasteiger partial charge in [0.15, 0.2) is 0 Å². The molecule has 0 bridgehead atoms. The van der Waals surface area contributed by atoms with Gasteiger partial charge in [0.2, 0.25) is 5.91 Å². The lowest BCUT2D eigenvalue weighted by atomic mass is 9.70. The quantitative estimate of drug-likeness (QED) is 0.867. The Kier molecular flexibility index (Phi) is 5.12. The van der Waals surface area contributed by atoms with E-state index in [1.54, 1.807) is 7.05 Å². The fourth-order valence-electron chi connectivity index (χ4n) is 3.22. The van der Waals surface area contributed by atoms with E-state index in [0.29, 0.717) is 25.8 Å². The normalized spacial score (nSPS) is 25.3. The molecule has 114 valence electrons. The molecular weight excluding hydrogens is 264 g/mol. The molecule has 4 nitrogen and oxygen atoms in total. The van der Waals surface area contributed by atoms with E-state index in [4.69, 9.17) is 0 Å². The summed E-state index contributed by atoms with van der Waals surface area (Å²) in [5.74, 6) is 0.234. The van der Waals surface area contributed by atoms with Crippen molar-refractivity contribution in [2.45, 2.75) is 38.6 Å². The monoisotopic (exact) mass is 288 g/mol. The molecule has 0 spiro atoms. The van der Waals surface area contributed by atoms with Crippen LogP contribution in [0.4, 0.5) is 0 Å². The van der Waals surface area contributed by atoms with Crippen LogP contribution in [-0.2, 0) is 16.0 Å². The Morgan fingerprint density at radius 3 is 2.67 bits per heavy atom. The summed E-state index contributed by atoms with van der Waals surface area (Å²) >= 11 is 0. The first-order chi connectivity index (χ1) is 10.1. The highest BCUT2D eigenvalue weighted by Crippen LogP contribution is 2.36. The van der Waals surface area contributed by atoms with Gasteiger partial charge in [-0.1, -0.05) is 37.3 Å². The van der Waals surface area contributed by atoms with Crippen LogP contribution in [0.3, 0.4) is 0 Å². The fourth-order valence-corrected chi connectivity index (χ4v) is 3.22. The third-order valence-electron chi connectivity index (χ3n) is 4.42. The van der Waals surface area contributed by atoms with E-state index in [-0.39, 0.29) is 17.7 Å². The van der Waals surface area contributed by atoms with E-state index in [1.807, 2.05) is 37.3 Å². The summed E-state index contributed by atoms with van der Waals surface area (Å²) in [4.78, 5) is 24.5. The summed E-state index contributed by atoms with van der Waals surface area (Å²) in [6.45, 7) is 2.58. The number of nitrogens with one attached hydrogen (secondary N) is 2. The van der Waals surface area contributed by atoms with E-state index >= 15 is 0 Å². The molecule has 0 radical (unpaired) electrons. The Morgan fingerprint density at radius 1 is 1.33 bits per heavy atom.